The largest absolute Gasteiger partial charge is 0.394 e. The summed E-state index contributed by atoms with van der Waals surface area (Å²) in [5.74, 6) is 0.268. The first-order valence-corrected chi connectivity index (χ1v) is 6.35. The van der Waals surface area contributed by atoms with E-state index in [2.05, 4.69) is 12.2 Å². The summed E-state index contributed by atoms with van der Waals surface area (Å²) in [5.41, 5.74) is 0.674. The summed E-state index contributed by atoms with van der Waals surface area (Å²) in [7, 11) is 0. The molecule has 2 nitrogen and oxygen atoms in total. The summed E-state index contributed by atoms with van der Waals surface area (Å²) < 4.78 is 12.8. The zero-order chi connectivity index (χ0) is 12.3. The molecule has 1 aromatic rings. The predicted octanol–water partition coefficient (Wildman–Crippen LogP) is 3.18. The third-order valence-corrected chi connectivity index (χ3v) is 3.97. The van der Waals surface area contributed by atoms with Crippen LogP contribution in [0.4, 0.5) is 10.1 Å². The quantitative estimate of drug-likeness (QED) is 0.843. The van der Waals surface area contributed by atoms with Crippen LogP contribution in [0.3, 0.4) is 0 Å². The Balaban J connectivity index is 2.16. The average Bonchev–Trinajstić information content (AvgIpc) is 2.75. The molecule has 17 heavy (non-hydrogen) atoms. The van der Waals surface area contributed by atoms with Gasteiger partial charge in [0.05, 0.1) is 12.1 Å². The molecule has 1 aliphatic carbocycles. The maximum atomic E-state index is 12.8. The minimum atomic E-state index is -0.230. The van der Waals surface area contributed by atoms with E-state index in [1.165, 1.54) is 12.1 Å². The van der Waals surface area contributed by atoms with Gasteiger partial charge in [-0.15, -0.1) is 0 Å². The first-order valence-electron chi connectivity index (χ1n) is 6.35. The minimum Gasteiger partial charge on any atom is -0.394 e. The Labute approximate surface area is 102 Å². The highest BCUT2D eigenvalue weighted by molar-refractivity contribution is 5.46. The van der Waals surface area contributed by atoms with Gasteiger partial charge in [0, 0.05) is 5.69 Å². The molecule has 0 aromatic heterocycles. The Bertz CT molecular complexity index is 365. The highest BCUT2D eigenvalue weighted by Gasteiger charge is 2.41. The highest BCUT2D eigenvalue weighted by atomic mass is 19.1. The van der Waals surface area contributed by atoms with Crippen molar-refractivity contribution < 1.29 is 9.50 Å². The average molecular weight is 237 g/mol. The summed E-state index contributed by atoms with van der Waals surface area (Å²) in [6.45, 7) is 2.30. The molecule has 2 unspecified atom stereocenters. The molecule has 1 fully saturated rings. The van der Waals surface area contributed by atoms with Crippen LogP contribution < -0.4 is 5.32 Å². The predicted molar refractivity (Wildman–Crippen MR) is 67.5 cm³/mol. The third kappa shape index (κ3) is 2.44. The van der Waals surface area contributed by atoms with Crippen molar-refractivity contribution in [2.45, 2.75) is 38.1 Å². The second kappa shape index (κ2) is 5.05. The maximum absolute atomic E-state index is 12.8. The van der Waals surface area contributed by atoms with Gasteiger partial charge < -0.3 is 10.4 Å². The van der Waals surface area contributed by atoms with Crippen LogP contribution in [0.5, 0.6) is 0 Å². The van der Waals surface area contributed by atoms with Crippen molar-refractivity contribution in [3.63, 3.8) is 0 Å². The van der Waals surface area contributed by atoms with E-state index in [1.54, 1.807) is 12.1 Å². The lowest BCUT2D eigenvalue weighted by Crippen LogP contribution is -2.45. The van der Waals surface area contributed by atoms with Crippen LogP contribution in [0.15, 0.2) is 24.3 Å². The van der Waals surface area contributed by atoms with Crippen LogP contribution >= 0.6 is 0 Å². The molecule has 94 valence electrons. The second-order valence-electron chi connectivity index (χ2n) is 4.94. The summed E-state index contributed by atoms with van der Waals surface area (Å²) in [6.07, 6.45) is 4.35. The van der Waals surface area contributed by atoms with Gasteiger partial charge in [-0.1, -0.05) is 19.8 Å². The molecule has 0 bridgehead atoms. The first kappa shape index (κ1) is 12.4. The molecular formula is C14H20FNO. The number of rotatable bonds is 4. The van der Waals surface area contributed by atoms with E-state index in [-0.39, 0.29) is 18.0 Å². The SMILES string of the molecule is CCC1CCCC1(CO)Nc1ccc(F)cc1. The molecule has 0 amide bonds. The van der Waals surface area contributed by atoms with Crippen molar-refractivity contribution in [1.82, 2.24) is 0 Å². The summed E-state index contributed by atoms with van der Waals surface area (Å²) in [5, 5.41) is 13.1. The van der Waals surface area contributed by atoms with Crippen LogP contribution in [-0.2, 0) is 0 Å². The lowest BCUT2D eigenvalue weighted by atomic mass is 9.85. The number of nitrogens with one attached hydrogen (secondary N) is 1. The van der Waals surface area contributed by atoms with Gasteiger partial charge in [0.25, 0.3) is 0 Å². The van der Waals surface area contributed by atoms with Crippen molar-refractivity contribution >= 4 is 5.69 Å². The Kier molecular flexibility index (Phi) is 3.67. The minimum absolute atomic E-state index is 0.142. The number of hydrogen-bond donors (Lipinski definition) is 2. The van der Waals surface area contributed by atoms with Crippen LogP contribution in [0.1, 0.15) is 32.6 Å². The van der Waals surface area contributed by atoms with Crippen molar-refractivity contribution in [3.05, 3.63) is 30.1 Å². The molecule has 0 radical (unpaired) electrons. The molecular weight excluding hydrogens is 217 g/mol. The Hall–Kier alpha value is -1.09. The van der Waals surface area contributed by atoms with Crippen LogP contribution in [-0.4, -0.2) is 17.3 Å². The third-order valence-electron chi connectivity index (χ3n) is 3.97. The molecule has 1 saturated carbocycles. The van der Waals surface area contributed by atoms with Gasteiger partial charge >= 0.3 is 0 Å². The van der Waals surface area contributed by atoms with Crippen LogP contribution in [0.25, 0.3) is 0 Å². The molecule has 0 saturated heterocycles. The lowest BCUT2D eigenvalue weighted by molar-refractivity contribution is 0.174. The van der Waals surface area contributed by atoms with Gasteiger partial charge in [-0.2, -0.15) is 0 Å². The Morgan fingerprint density at radius 2 is 2.12 bits per heavy atom. The zero-order valence-corrected chi connectivity index (χ0v) is 10.2. The van der Waals surface area contributed by atoms with E-state index in [0.717, 1.165) is 31.4 Å². The molecule has 0 heterocycles. The van der Waals surface area contributed by atoms with Gasteiger partial charge in [0.15, 0.2) is 0 Å². The number of hydrogen-bond acceptors (Lipinski definition) is 2. The van der Waals surface area contributed by atoms with Gasteiger partial charge in [-0.3, -0.25) is 0 Å². The molecule has 2 N–H and O–H groups in total. The van der Waals surface area contributed by atoms with Gasteiger partial charge in [0.1, 0.15) is 5.82 Å². The van der Waals surface area contributed by atoms with E-state index in [1.807, 2.05) is 0 Å². The molecule has 1 aliphatic rings. The van der Waals surface area contributed by atoms with E-state index in [9.17, 15) is 9.50 Å². The molecule has 0 aliphatic heterocycles. The fraction of sp³-hybridized carbons (Fsp3) is 0.571. The molecule has 2 rings (SSSR count). The van der Waals surface area contributed by atoms with Crippen molar-refractivity contribution in [1.29, 1.82) is 0 Å². The fourth-order valence-corrected chi connectivity index (χ4v) is 2.97. The number of anilines is 1. The highest BCUT2D eigenvalue weighted by Crippen LogP contribution is 2.40. The van der Waals surface area contributed by atoms with Gasteiger partial charge in [-0.25, -0.2) is 4.39 Å². The second-order valence-corrected chi connectivity index (χ2v) is 4.94. The molecule has 0 spiro atoms. The number of aliphatic hydroxyl groups excluding tert-OH is 1. The molecule has 2 atom stereocenters. The van der Waals surface area contributed by atoms with Gasteiger partial charge in [0.2, 0.25) is 0 Å². The number of aliphatic hydroxyl groups is 1. The Morgan fingerprint density at radius 1 is 1.41 bits per heavy atom. The van der Waals surface area contributed by atoms with Crippen LogP contribution in [0, 0.1) is 11.7 Å². The Morgan fingerprint density at radius 3 is 2.71 bits per heavy atom. The van der Waals surface area contributed by atoms with Crippen molar-refractivity contribution in [2.75, 3.05) is 11.9 Å². The smallest absolute Gasteiger partial charge is 0.123 e. The molecule has 1 aromatic carbocycles. The van der Waals surface area contributed by atoms with E-state index in [4.69, 9.17) is 0 Å². The number of halogens is 1. The molecule has 3 heteroatoms. The topological polar surface area (TPSA) is 32.3 Å². The van der Waals surface area contributed by atoms with Gasteiger partial charge in [-0.05, 0) is 43.0 Å². The van der Waals surface area contributed by atoms with Crippen molar-refractivity contribution in [2.24, 2.45) is 5.92 Å². The maximum Gasteiger partial charge on any atom is 0.123 e. The standard InChI is InChI=1S/C14H20FNO/c1-2-11-4-3-9-14(11,10-17)16-13-7-5-12(15)6-8-13/h5-8,11,16-17H,2-4,9-10H2,1H3. The van der Waals surface area contributed by atoms with Crippen LogP contribution in [0.2, 0.25) is 0 Å². The van der Waals surface area contributed by atoms with E-state index in [0.29, 0.717) is 5.92 Å². The van der Waals surface area contributed by atoms with Crippen molar-refractivity contribution in [3.8, 4) is 0 Å². The monoisotopic (exact) mass is 237 g/mol. The van der Waals surface area contributed by atoms with E-state index < -0.39 is 0 Å². The normalized spacial score (nSPS) is 28.3. The van der Waals surface area contributed by atoms with E-state index >= 15 is 0 Å². The summed E-state index contributed by atoms with van der Waals surface area (Å²) in [4.78, 5) is 0. The summed E-state index contributed by atoms with van der Waals surface area (Å²) >= 11 is 0. The zero-order valence-electron chi connectivity index (χ0n) is 10.2. The summed E-state index contributed by atoms with van der Waals surface area (Å²) in [6, 6.07) is 6.36. The fourth-order valence-electron chi connectivity index (χ4n) is 2.97. The number of benzene rings is 1. The first-order chi connectivity index (χ1) is 8.20. The lowest BCUT2D eigenvalue weighted by Gasteiger charge is -2.35.